The number of nitrogens with zero attached hydrogens (tertiary/aromatic N) is 1. The maximum atomic E-state index is 6.50. The van der Waals surface area contributed by atoms with E-state index < -0.39 is 0 Å². The van der Waals surface area contributed by atoms with Gasteiger partial charge in [0.05, 0.1) is 38.2 Å². The summed E-state index contributed by atoms with van der Waals surface area (Å²) in [7, 11) is 5.20. The number of anilines is 1. The number of ether oxygens (including phenoxy) is 5. The molecule has 0 unspecified atom stereocenters. The highest BCUT2D eigenvalue weighted by Crippen LogP contribution is 2.34. The smallest absolute Gasteiger partial charge is 0.142 e. The summed E-state index contributed by atoms with van der Waals surface area (Å²) in [6.07, 6.45) is 1.04. The van der Waals surface area contributed by atoms with Crippen LogP contribution in [-0.4, -0.2) is 72.9 Å². The summed E-state index contributed by atoms with van der Waals surface area (Å²) in [6.45, 7) is 5.45. The zero-order valence-electron chi connectivity index (χ0n) is 19.9. The van der Waals surface area contributed by atoms with Gasteiger partial charge < -0.3 is 33.9 Å². The van der Waals surface area contributed by atoms with Crippen LogP contribution < -0.4 is 19.7 Å². The van der Waals surface area contributed by atoms with Crippen molar-refractivity contribution in [2.75, 3.05) is 65.6 Å². The summed E-state index contributed by atoms with van der Waals surface area (Å²) in [5.74, 6) is 1.94. The van der Waals surface area contributed by atoms with Gasteiger partial charge in [0.2, 0.25) is 0 Å². The molecule has 1 fully saturated rings. The van der Waals surface area contributed by atoms with Crippen molar-refractivity contribution in [3.05, 3.63) is 53.6 Å². The molecule has 1 N–H and O–H groups in total. The number of rotatable bonds is 10. The van der Waals surface area contributed by atoms with Gasteiger partial charge in [0, 0.05) is 46.4 Å². The predicted molar refractivity (Wildman–Crippen MR) is 129 cm³/mol. The van der Waals surface area contributed by atoms with Crippen molar-refractivity contribution < 1.29 is 23.7 Å². The Morgan fingerprint density at radius 2 is 1.85 bits per heavy atom. The van der Waals surface area contributed by atoms with E-state index in [1.807, 2.05) is 12.1 Å². The van der Waals surface area contributed by atoms with Crippen LogP contribution in [0.2, 0.25) is 0 Å². The molecule has 7 heteroatoms. The second-order valence-electron chi connectivity index (χ2n) is 8.56. The van der Waals surface area contributed by atoms with Gasteiger partial charge in [-0.05, 0) is 41.8 Å². The number of benzene rings is 2. The Morgan fingerprint density at radius 1 is 1.03 bits per heavy atom. The highest BCUT2D eigenvalue weighted by Gasteiger charge is 2.35. The molecule has 7 nitrogen and oxygen atoms in total. The summed E-state index contributed by atoms with van der Waals surface area (Å²) >= 11 is 0. The van der Waals surface area contributed by atoms with Crippen LogP contribution in [0.25, 0.3) is 0 Å². The topological polar surface area (TPSA) is 61.4 Å². The molecule has 2 aliphatic rings. The molecule has 0 radical (unpaired) electrons. The van der Waals surface area contributed by atoms with Crippen molar-refractivity contribution in [2.24, 2.45) is 0 Å². The molecular weight excluding hydrogens is 420 g/mol. The largest absolute Gasteiger partial charge is 0.497 e. The van der Waals surface area contributed by atoms with Gasteiger partial charge >= 0.3 is 0 Å². The molecule has 3 atom stereocenters. The third kappa shape index (κ3) is 5.79. The van der Waals surface area contributed by atoms with Crippen molar-refractivity contribution in [3.63, 3.8) is 0 Å². The van der Waals surface area contributed by atoms with E-state index in [4.69, 9.17) is 23.7 Å². The molecule has 2 aromatic rings. The van der Waals surface area contributed by atoms with Gasteiger partial charge in [0.25, 0.3) is 0 Å². The minimum atomic E-state index is 0.00202. The molecule has 2 aliphatic heterocycles. The van der Waals surface area contributed by atoms with E-state index in [1.54, 1.807) is 21.3 Å². The molecule has 0 spiro atoms. The first kappa shape index (κ1) is 23.8. The Bertz CT molecular complexity index is 875. The van der Waals surface area contributed by atoms with E-state index in [9.17, 15) is 0 Å². The molecule has 4 rings (SSSR count). The van der Waals surface area contributed by atoms with Crippen molar-refractivity contribution >= 4 is 5.69 Å². The molecule has 0 bridgehead atoms. The highest BCUT2D eigenvalue weighted by molar-refractivity contribution is 5.61. The average Bonchev–Trinajstić information content (AvgIpc) is 2.87. The van der Waals surface area contributed by atoms with Gasteiger partial charge in [-0.25, -0.2) is 0 Å². The van der Waals surface area contributed by atoms with Gasteiger partial charge in [0.15, 0.2) is 0 Å². The van der Waals surface area contributed by atoms with Crippen LogP contribution in [0.1, 0.15) is 23.5 Å². The molecule has 0 aromatic heterocycles. The summed E-state index contributed by atoms with van der Waals surface area (Å²) < 4.78 is 28.8. The molecular formula is C26H36N2O5. The lowest BCUT2D eigenvalue weighted by molar-refractivity contribution is -0.0463. The van der Waals surface area contributed by atoms with Gasteiger partial charge in [-0.2, -0.15) is 0 Å². The van der Waals surface area contributed by atoms with E-state index in [2.05, 4.69) is 40.5 Å². The van der Waals surface area contributed by atoms with Crippen LogP contribution in [0.5, 0.6) is 11.5 Å². The lowest BCUT2D eigenvalue weighted by atomic mass is 9.85. The molecule has 1 saturated heterocycles. The zero-order chi connectivity index (χ0) is 23.0. The van der Waals surface area contributed by atoms with Gasteiger partial charge in [-0.3, -0.25) is 0 Å². The molecule has 0 aliphatic carbocycles. The minimum Gasteiger partial charge on any atom is -0.497 e. The fourth-order valence-corrected chi connectivity index (χ4v) is 4.75. The summed E-state index contributed by atoms with van der Waals surface area (Å²) in [6, 6.07) is 14.6. The van der Waals surface area contributed by atoms with E-state index in [0.717, 1.165) is 62.0 Å². The van der Waals surface area contributed by atoms with Gasteiger partial charge in [-0.1, -0.05) is 18.2 Å². The highest BCUT2D eigenvalue weighted by atomic mass is 16.5. The van der Waals surface area contributed by atoms with E-state index in [-0.39, 0.29) is 18.1 Å². The number of hydrogen-bond donors (Lipinski definition) is 1. The lowest BCUT2D eigenvalue weighted by Crippen LogP contribution is -2.50. The predicted octanol–water partition coefficient (Wildman–Crippen LogP) is 3.22. The van der Waals surface area contributed by atoms with Crippen molar-refractivity contribution in [3.8, 4) is 11.5 Å². The minimum absolute atomic E-state index is 0.00202. The van der Waals surface area contributed by atoms with Gasteiger partial charge in [-0.15, -0.1) is 0 Å². The number of piperidine rings is 1. The SMILES string of the molecule is COCCCN1CCOc2ccc(CO[C@H]3CNC[C@@H](OC)[C@@H]3c3ccc(OC)cc3)cc21. The maximum absolute atomic E-state index is 6.50. The maximum Gasteiger partial charge on any atom is 0.142 e. The number of hydrogen-bond acceptors (Lipinski definition) is 7. The van der Waals surface area contributed by atoms with Crippen molar-refractivity contribution in [2.45, 2.75) is 31.2 Å². The Morgan fingerprint density at radius 3 is 2.61 bits per heavy atom. The third-order valence-corrected chi connectivity index (χ3v) is 6.52. The Balaban J connectivity index is 1.47. The van der Waals surface area contributed by atoms with Crippen LogP contribution in [0, 0.1) is 0 Å². The monoisotopic (exact) mass is 456 g/mol. The first-order valence-electron chi connectivity index (χ1n) is 11.7. The van der Waals surface area contributed by atoms with Crippen molar-refractivity contribution in [1.29, 1.82) is 0 Å². The Kier molecular flexibility index (Phi) is 8.45. The van der Waals surface area contributed by atoms with E-state index in [1.165, 1.54) is 5.56 Å². The molecule has 0 amide bonds. The summed E-state index contributed by atoms with van der Waals surface area (Å²) in [4.78, 5) is 2.38. The van der Waals surface area contributed by atoms with Crippen LogP contribution >= 0.6 is 0 Å². The van der Waals surface area contributed by atoms with E-state index in [0.29, 0.717) is 13.2 Å². The van der Waals surface area contributed by atoms with Crippen LogP contribution in [-0.2, 0) is 20.8 Å². The Hall–Kier alpha value is -2.32. The quantitative estimate of drug-likeness (QED) is 0.551. The fourth-order valence-electron chi connectivity index (χ4n) is 4.75. The molecule has 180 valence electrons. The third-order valence-electron chi connectivity index (χ3n) is 6.52. The zero-order valence-corrected chi connectivity index (χ0v) is 19.9. The first-order chi connectivity index (χ1) is 16.2. The second kappa shape index (κ2) is 11.7. The van der Waals surface area contributed by atoms with Crippen LogP contribution in [0.3, 0.4) is 0 Å². The average molecular weight is 457 g/mol. The second-order valence-corrected chi connectivity index (χ2v) is 8.56. The number of methoxy groups -OCH3 is 3. The van der Waals surface area contributed by atoms with Gasteiger partial charge in [0.1, 0.15) is 18.1 Å². The standard InChI is InChI=1S/C26H36N2O5/c1-29-13-4-11-28-12-14-32-23-10-5-19(15-22(23)28)18-33-25-17-27-16-24(31-3)26(25)20-6-8-21(30-2)9-7-20/h5-10,15,24-27H,4,11-14,16-18H2,1-3H3/t24-,25+,26+/m1/s1. The van der Waals surface area contributed by atoms with Crippen LogP contribution in [0.4, 0.5) is 5.69 Å². The molecule has 2 aromatic carbocycles. The summed E-state index contributed by atoms with van der Waals surface area (Å²) in [5, 5.41) is 3.47. The first-order valence-corrected chi connectivity index (χ1v) is 11.7. The normalized spacial score (nSPS) is 22.5. The number of nitrogens with one attached hydrogen (secondary N) is 1. The molecule has 2 heterocycles. The fraction of sp³-hybridized carbons (Fsp3) is 0.538. The van der Waals surface area contributed by atoms with E-state index >= 15 is 0 Å². The van der Waals surface area contributed by atoms with Crippen LogP contribution in [0.15, 0.2) is 42.5 Å². The Labute approximate surface area is 196 Å². The lowest BCUT2D eigenvalue weighted by Gasteiger charge is -2.38. The molecule has 33 heavy (non-hydrogen) atoms. The number of fused-ring (bicyclic) bond motifs is 1. The summed E-state index contributed by atoms with van der Waals surface area (Å²) in [5.41, 5.74) is 3.49. The molecule has 0 saturated carbocycles. The van der Waals surface area contributed by atoms with Crippen molar-refractivity contribution in [1.82, 2.24) is 5.32 Å².